The average Bonchev–Trinajstić information content (AvgIpc) is 3.11. The molecule has 134 valence electrons. The van der Waals surface area contributed by atoms with Crippen LogP contribution < -0.4 is 4.74 Å². The van der Waals surface area contributed by atoms with Crippen molar-refractivity contribution in [2.45, 2.75) is 31.2 Å². The number of hydrogen-bond acceptors (Lipinski definition) is 3. The SMILES string of the molecule is Fc1ccc2nc(C3CCN(C4COc5ccccc5C4)CC3)[nH]c2c1. The molecule has 1 saturated heterocycles. The zero-order valence-electron chi connectivity index (χ0n) is 14.6. The van der Waals surface area contributed by atoms with E-state index in [1.165, 1.54) is 17.7 Å². The summed E-state index contributed by atoms with van der Waals surface area (Å²) in [7, 11) is 0. The minimum Gasteiger partial charge on any atom is -0.492 e. The minimum absolute atomic E-state index is 0.222. The molecule has 0 bridgehead atoms. The number of hydrogen-bond donors (Lipinski definition) is 1. The lowest BCUT2D eigenvalue weighted by atomic mass is 9.93. The molecule has 2 aliphatic rings. The van der Waals surface area contributed by atoms with E-state index in [0.717, 1.165) is 61.6 Å². The van der Waals surface area contributed by atoms with Gasteiger partial charge in [-0.15, -0.1) is 0 Å². The van der Waals surface area contributed by atoms with E-state index >= 15 is 0 Å². The van der Waals surface area contributed by atoms with Gasteiger partial charge in [-0.1, -0.05) is 18.2 Å². The van der Waals surface area contributed by atoms with Crippen LogP contribution >= 0.6 is 0 Å². The van der Waals surface area contributed by atoms with E-state index in [0.29, 0.717) is 12.0 Å². The number of halogens is 1. The van der Waals surface area contributed by atoms with Crippen molar-refractivity contribution < 1.29 is 9.13 Å². The molecular weight excluding hydrogens is 329 g/mol. The van der Waals surface area contributed by atoms with Gasteiger partial charge in [0.15, 0.2) is 0 Å². The molecule has 3 aromatic rings. The largest absolute Gasteiger partial charge is 0.492 e. The van der Waals surface area contributed by atoms with Gasteiger partial charge in [-0.05, 0) is 62.2 Å². The van der Waals surface area contributed by atoms with Crippen LogP contribution in [0.4, 0.5) is 4.39 Å². The van der Waals surface area contributed by atoms with Gasteiger partial charge in [0, 0.05) is 12.0 Å². The molecule has 1 aromatic heterocycles. The van der Waals surface area contributed by atoms with Crippen molar-refractivity contribution >= 4 is 11.0 Å². The smallest absolute Gasteiger partial charge is 0.125 e. The van der Waals surface area contributed by atoms with Gasteiger partial charge < -0.3 is 9.72 Å². The van der Waals surface area contributed by atoms with E-state index in [-0.39, 0.29) is 5.82 Å². The number of likely N-dealkylation sites (tertiary alicyclic amines) is 1. The molecule has 5 rings (SSSR count). The van der Waals surface area contributed by atoms with Crippen LogP contribution in [0.5, 0.6) is 5.75 Å². The summed E-state index contributed by atoms with van der Waals surface area (Å²) in [6.45, 7) is 2.87. The maximum absolute atomic E-state index is 13.4. The van der Waals surface area contributed by atoms with Gasteiger partial charge in [-0.25, -0.2) is 9.37 Å². The highest BCUT2D eigenvalue weighted by molar-refractivity contribution is 5.75. The van der Waals surface area contributed by atoms with Crippen molar-refractivity contribution in [2.75, 3.05) is 19.7 Å². The second kappa shape index (κ2) is 6.40. The number of para-hydroxylation sites is 1. The number of nitrogens with one attached hydrogen (secondary N) is 1. The summed E-state index contributed by atoms with van der Waals surface area (Å²) in [6, 6.07) is 13.5. The molecule has 0 aliphatic carbocycles. The highest BCUT2D eigenvalue weighted by Crippen LogP contribution is 2.31. The van der Waals surface area contributed by atoms with Crippen molar-refractivity contribution in [2.24, 2.45) is 0 Å². The number of aromatic amines is 1. The molecule has 2 aliphatic heterocycles. The van der Waals surface area contributed by atoms with Crippen LogP contribution in [0.25, 0.3) is 11.0 Å². The van der Waals surface area contributed by atoms with Crippen LogP contribution in [0.2, 0.25) is 0 Å². The number of benzene rings is 2. The van der Waals surface area contributed by atoms with Crippen LogP contribution in [0.1, 0.15) is 30.1 Å². The van der Waals surface area contributed by atoms with Crippen LogP contribution in [0, 0.1) is 5.82 Å². The Balaban J connectivity index is 1.26. The molecule has 0 saturated carbocycles. The first-order valence-corrected chi connectivity index (χ1v) is 9.36. The van der Waals surface area contributed by atoms with Crippen LogP contribution in [0.3, 0.4) is 0 Å². The number of imidazole rings is 1. The number of rotatable bonds is 2. The Morgan fingerprint density at radius 1 is 1.12 bits per heavy atom. The van der Waals surface area contributed by atoms with Gasteiger partial charge in [0.05, 0.1) is 11.0 Å². The topological polar surface area (TPSA) is 41.2 Å². The highest BCUT2D eigenvalue weighted by Gasteiger charge is 2.30. The number of nitrogens with zero attached hydrogens (tertiary/aromatic N) is 2. The molecular formula is C21H22FN3O. The van der Waals surface area contributed by atoms with Gasteiger partial charge in [-0.3, -0.25) is 4.90 Å². The lowest BCUT2D eigenvalue weighted by Crippen LogP contribution is -2.46. The zero-order chi connectivity index (χ0) is 17.5. The molecule has 1 N–H and O–H groups in total. The van der Waals surface area contributed by atoms with E-state index < -0.39 is 0 Å². The fourth-order valence-corrected chi connectivity index (χ4v) is 4.28. The summed E-state index contributed by atoms with van der Waals surface area (Å²) in [5, 5.41) is 0. The fraction of sp³-hybridized carbons (Fsp3) is 0.381. The van der Waals surface area contributed by atoms with Gasteiger partial charge in [0.2, 0.25) is 0 Å². The summed E-state index contributed by atoms with van der Waals surface area (Å²) < 4.78 is 19.3. The quantitative estimate of drug-likeness (QED) is 0.762. The zero-order valence-corrected chi connectivity index (χ0v) is 14.6. The monoisotopic (exact) mass is 351 g/mol. The predicted molar refractivity (Wildman–Crippen MR) is 99.0 cm³/mol. The van der Waals surface area contributed by atoms with Gasteiger partial charge in [0.1, 0.15) is 24.0 Å². The second-order valence-corrected chi connectivity index (χ2v) is 7.37. The molecule has 3 heterocycles. The molecule has 26 heavy (non-hydrogen) atoms. The summed E-state index contributed by atoms with van der Waals surface area (Å²) >= 11 is 0. The lowest BCUT2D eigenvalue weighted by molar-refractivity contribution is 0.0942. The van der Waals surface area contributed by atoms with Crippen molar-refractivity contribution in [1.82, 2.24) is 14.9 Å². The van der Waals surface area contributed by atoms with Crippen LogP contribution in [0.15, 0.2) is 42.5 Å². The highest BCUT2D eigenvalue weighted by atomic mass is 19.1. The first kappa shape index (κ1) is 15.8. The third-order valence-corrected chi connectivity index (χ3v) is 5.75. The molecule has 1 fully saturated rings. The Bertz CT molecular complexity index is 930. The molecule has 0 spiro atoms. The molecule has 5 heteroatoms. The van der Waals surface area contributed by atoms with E-state index in [4.69, 9.17) is 4.74 Å². The average molecular weight is 351 g/mol. The van der Waals surface area contributed by atoms with Crippen molar-refractivity contribution in [3.05, 3.63) is 59.7 Å². The lowest BCUT2D eigenvalue weighted by Gasteiger charge is -2.39. The number of H-pyrrole nitrogens is 1. The van der Waals surface area contributed by atoms with Crippen molar-refractivity contribution in [3.8, 4) is 5.75 Å². The predicted octanol–water partition coefficient (Wildman–Crippen LogP) is 3.89. The number of ether oxygens (including phenoxy) is 1. The summed E-state index contributed by atoms with van der Waals surface area (Å²) in [5.74, 6) is 2.22. The number of piperidine rings is 1. The normalized spacial score (nSPS) is 21.5. The first-order chi connectivity index (χ1) is 12.8. The van der Waals surface area contributed by atoms with Gasteiger partial charge in [-0.2, -0.15) is 0 Å². The fourth-order valence-electron chi connectivity index (χ4n) is 4.28. The summed E-state index contributed by atoms with van der Waals surface area (Å²) in [4.78, 5) is 10.5. The van der Waals surface area contributed by atoms with Crippen LogP contribution in [-0.2, 0) is 6.42 Å². The molecule has 1 atom stereocenters. The minimum atomic E-state index is -0.222. The second-order valence-electron chi connectivity index (χ2n) is 7.37. The van der Waals surface area contributed by atoms with Crippen LogP contribution in [-0.4, -0.2) is 40.6 Å². The Morgan fingerprint density at radius 2 is 1.96 bits per heavy atom. The van der Waals surface area contributed by atoms with Gasteiger partial charge in [0.25, 0.3) is 0 Å². The third kappa shape index (κ3) is 2.86. The Hall–Kier alpha value is -2.40. The standard InChI is InChI=1S/C21H22FN3O/c22-16-5-6-18-19(12-16)24-21(23-18)14-7-9-25(10-8-14)17-11-15-3-1-2-4-20(15)26-13-17/h1-6,12,14,17H,7-11,13H2,(H,23,24). The van der Waals surface area contributed by atoms with Gasteiger partial charge >= 0.3 is 0 Å². The summed E-state index contributed by atoms with van der Waals surface area (Å²) in [5.41, 5.74) is 2.95. The summed E-state index contributed by atoms with van der Waals surface area (Å²) in [6.07, 6.45) is 3.20. The Labute approximate surface area is 152 Å². The molecule has 0 amide bonds. The Morgan fingerprint density at radius 3 is 2.85 bits per heavy atom. The molecule has 0 radical (unpaired) electrons. The van der Waals surface area contributed by atoms with E-state index in [9.17, 15) is 4.39 Å². The maximum Gasteiger partial charge on any atom is 0.125 e. The Kier molecular flexibility index (Phi) is 3.89. The number of fused-ring (bicyclic) bond motifs is 2. The first-order valence-electron chi connectivity index (χ1n) is 9.36. The maximum atomic E-state index is 13.4. The van der Waals surface area contributed by atoms with Crippen molar-refractivity contribution in [3.63, 3.8) is 0 Å². The molecule has 4 nitrogen and oxygen atoms in total. The third-order valence-electron chi connectivity index (χ3n) is 5.75. The van der Waals surface area contributed by atoms with Crippen molar-refractivity contribution in [1.29, 1.82) is 0 Å². The number of aromatic nitrogens is 2. The van der Waals surface area contributed by atoms with E-state index in [2.05, 4.69) is 33.1 Å². The molecule has 1 unspecified atom stereocenters. The van der Waals surface area contributed by atoms with E-state index in [1.54, 1.807) is 6.07 Å². The molecule has 2 aromatic carbocycles. The van der Waals surface area contributed by atoms with E-state index in [1.807, 2.05) is 6.07 Å².